The lowest BCUT2D eigenvalue weighted by atomic mass is 10.2. The van der Waals surface area contributed by atoms with E-state index in [2.05, 4.69) is 20.4 Å². The van der Waals surface area contributed by atoms with Crippen LogP contribution in [0.15, 0.2) is 42.6 Å². The number of hydrogen-bond donors (Lipinski definition) is 3. The average Bonchev–Trinajstić information content (AvgIpc) is 2.46. The van der Waals surface area contributed by atoms with Crippen molar-refractivity contribution in [1.82, 2.24) is 4.98 Å². The van der Waals surface area contributed by atoms with Gasteiger partial charge in [-0.25, -0.2) is 9.78 Å². The highest BCUT2D eigenvalue weighted by atomic mass is 19.4. The van der Waals surface area contributed by atoms with E-state index in [-0.39, 0.29) is 5.75 Å². The molecule has 2 aromatic rings. The van der Waals surface area contributed by atoms with Crippen LogP contribution in [0.3, 0.4) is 0 Å². The molecule has 0 atom stereocenters. The first kappa shape index (κ1) is 16.4. The summed E-state index contributed by atoms with van der Waals surface area (Å²) in [6.07, 6.45) is -3.76. The number of rotatable bonds is 5. The number of carbonyl (C=O) groups excluding carboxylic acids is 1. The van der Waals surface area contributed by atoms with Crippen LogP contribution in [-0.4, -0.2) is 17.4 Å². The normalized spacial score (nSPS) is 10.9. The number of nitrogens with one attached hydrogen (secondary N) is 2. The topological polar surface area (TPSA) is 89.3 Å². The van der Waals surface area contributed by atoms with Crippen LogP contribution in [0.4, 0.5) is 29.5 Å². The lowest BCUT2D eigenvalue weighted by molar-refractivity contribution is -0.274. The lowest BCUT2D eigenvalue weighted by Crippen LogP contribution is -2.19. The zero-order chi connectivity index (χ0) is 16.9. The summed E-state index contributed by atoms with van der Waals surface area (Å²) in [7, 11) is 0. The van der Waals surface area contributed by atoms with Crippen LogP contribution in [0.1, 0.15) is 5.56 Å². The smallest absolute Gasteiger partial charge is 0.404 e. The summed E-state index contributed by atoms with van der Waals surface area (Å²) >= 11 is 0. The van der Waals surface area contributed by atoms with Crippen LogP contribution >= 0.6 is 0 Å². The van der Waals surface area contributed by atoms with Gasteiger partial charge in [-0.2, -0.15) is 0 Å². The largest absolute Gasteiger partial charge is 0.573 e. The number of primary amides is 1. The Bertz CT molecular complexity index is 657. The first-order chi connectivity index (χ1) is 10.8. The van der Waals surface area contributed by atoms with Crippen LogP contribution in [0.2, 0.25) is 0 Å². The first-order valence-corrected chi connectivity index (χ1v) is 6.43. The molecule has 122 valence electrons. The van der Waals surface area contributed by atoms with E-state index in [1.54, 1.807) is 24.3 Å². The molecule has 0 aliphatic rings. The molecule has 0 saturated carbocycles. The molecule has 0 fully saturated rings. The number of amides is 2. The molecular formula is C14H13F3N4O2. The van der Waals surface area contributed by atoms with Crippen LogP contribution in [0.5, 0.6) is 5.75 Å². The zero-order valence-corrected chi connectivity index (χ0v) is 11.7. The van der Waals surface area contributed by atoms with Crippen molar-refractivity contribution in [3.8, 4) is 5.75 Å². The summed E-state index contributed by atoms with van der Waals surface area (Å²) in [6, 6.07) is 8.78. The van der Waals surface area contributed by atoms with Gasteiger partial charge in [-0.05, 0) is 29.8 Å². The Balaban J connectivity index is 1.89. The van der Waals surface area contributed by atoms with Crippen molar-refractivity contribution in [2.75, 3.05) is 10.6 Å². The molecule has 0 radical (unpaired) electrons. The summed E-state index contributed by atoms with van der Waals surface area (Å²) in [4.78, 5) is 14.5. The quantitative estimate of drug-likeness (QED) is 0.788. The van der Waals surface area contributed by atoms with Gasteiger partial charge >= 0.3 is 12.4 Å². The molecule has 1 aromatic heterocycles. The second-order valence-corrected chi connectivity index (χ2v) is 4.47. The van der Waals surface area contributed by atoms with Crippen molar-refractivity contribution < 1.29 is 22.7 Å². The molecule has 0 aliphatic carbocycles. The molecule has 1 heterocycles. The second kappa shape index (κ2) is 6.86. The van der Waals surface area contributed by atoms with Crippen molar-refractivity contribution in [3.05, 3.63) is 48.2 Å². The van der Waals surface area contributed by atoms with Crippen LogP contribution in [0, 0.1) is 0 Å². The molecule has 2 rings (SSSR count). The summed E-state index contributed by atoms with van der Waals surface area (Å²) < 4.78 is 39.8. The summed E-state index contributed by atoms with van der Waals surface area (Å²) in [5, 5.41) is 5.38. The van der Waals surface area contributed by atoms with E-state index < -0.39 is 12.4 Å². The highest BCUT2D eigenvalue weighted by molar-refractivity contribution is 5.87. The maximum absolute atomic E-state index is 12.0. The van der Waals surface area contributed by atoms with Gasteiger partial charge in [0.25, 0.3) is 0 Å². The van der Waals surface area contributed by atoms with Gasteiger partial charge in [-0.1, -0.05) is 12.1 Å². The highest BCUT2D eigenvalue weighted by Gasteiger charge is 2.31. The van der Waals surface area contributed by atoms with Gasteiger partial charge in [-0.15, -0.1) is 13.2 Å². The Morgan fingerprint density at radius 3 is 2.39 bits per heavy atom. The molecule has 4 N–H and O–H groups in total. The third-order valence-corrected chi connectivity index (χ3v) is 2.67. The zero-order valence-electron chi connectivity index (χ0n) is 11.7. The van der Waals surface area contributed by atoms with Gasteiger partial charge in [-0.3, -0.25) is 0 Å². The fourth-order valence-electron chi connectivity index (χ4n) is 1.72. The number of nitrogens with zero attached hydrogens (tertiary/aromatic N) is 1. The molecule has 1 aromatic carbocycles. The minimum Gasteiger partial charge on any atom is -0.404 e. The van der Waals surface area contributed by atoms with Crippen molar-refractivity contribution in [3.63, 3.8) is 0 Å². The molecule has 2 amide bonds. The van der Waals surface area contributed by atoms with E-state index in [1.807, 2.05) is 0 Å². The number of pyridine rings is 1. The standard InChI is InChI=1S/C14H13F3N4O2/c15-14(16,17)23-11-5-6-12(20-8-11)19-7-9-1-3-10(4-2-9)21-13(18)22/h1-6,8H,7H2,(H,19,20)(H3,18,21,22). The molecule has 0 unspecified atom stereocenters. The lowest BCUT2D eigenvalue weighted by Gasteiger charge is -2.10. The number of nitrogens with two attached hydrogens (primary N) is 1. The molecule has 0 bridgehead atoms. The van der Waals surface area contributed by atoms with Gasteiger partial charge in [0.15, 0.2) is 0 Å². The third kappa shape index (κ3) is 5.73. The SMILES string of the molecule is NC(=O)Nc1ccc(CNc2ccc(OC(F)(F)F)cn2)cc1. The number of urea groups is 1. The van der Waals surface area contributed by atoms with Crippen molar-refractivity contribution in [2.24, 2.45) is 5.73 Å². The fourth-order valence-corrected chi connectivity index (χ4v) is 1.72. The second-order valence-electron chi connectivity index (χ2n) is 4.47. The third-order valence-electron chi connectivity index (χ3n) is 2.67. The molecule has 9 heteroatoms. The summed E-state index contributed by atoms with van der Waals surface area (Å²) in [6.45, 7) is 0.406. The first-order valence-electron chi connectivity index (χ1n) is 6.43. The minimum atomic E-state index is -4.74. The van der Waals surface area contributed by atoms with E-state index in [0.29, 0.717) is 18.1 Å². The average molecular weight is 326 g/mol. The number of carbonyl (C=O) groups is 1. The van der Waals surface area contributed by atoms with Gasteiger partial charge in [0.2, 0.25) is 0 Å². The predicted molar refractivity (Wildman–Crippen MR) is 77.9 cm³/mol. The number of aromatic nitrogens is 1. The minimum absolute atomic E-state index is 0.384. The Kier molecular flexibility index (Phi) is 4.89. The number of halogens is 3. The van der Waals surface area contributed by atoms with E-state index in [9.17, 15) is 18.0 Å². The monoisotopic (exact) mass is 326 g/mol. The maximum atomic E-state index is 12.0. The van der Waals surface area contributed by atoms with Gasteiger partial charge in [0.05, 0.1) is 6.20 Å². The highest BCUT2D eigenvalue weighted by Crippen LogP contribution is 2.22. The van der Waals surface area contributed by atoms with E-state index >= 15 is 0 Å². The molecule has 6 nitrogen and oxygen atoms in total. The summed E-state index contributed by atoms with van der Waals surface area (Å²) in [5.41, 5.74) is 6.45. The Morgan fingerprint density at radius 2 is 1.87 bits per heavy atom. The number of alkyl halides is 3. The van der Waals surface area contributed by atoms with E-state index in [1.165, 1.54) is 12.1 Å². The molecule has 23 heavy (non-hydrogen) atoms. The van der Waals surface area contributed by atoms with Crippen LogP contribution in [0.25, 0.3) is 0 Å². The summed E-state index contributed by atoms with van der Waals surface area (Å²) in [5.74, 6) is 0.0174. The van der Waals surface area contributed by atoms with Gasteiger partial charge in [0, 0.05) is 12.2 Å². The molecular weight excluding hydrogens is 313 g/mol. The van der Waals surface area contributed by atoms with Crippen molar-refractivity contribution in [2.45, 2.75) is 12.9 Å². The Morgan fingerprint density at radius 1 is 1.17 bits per heavy atom. The number of hydrogen-bond acceptors (Lipinski definition) is 4. The maximum Gasteiger partial charge on any atom is 0.573 e. The Hall–Kier alpha value is -2.97. The number of ether oxygens (including phenoxy) is 1. The fraction of sp³-hybridized carbons (Fsp3) is 0.143. The number of benzene rings is 1. The van der Waals surface area contributed by atoms with E-state index in [0.717, 1.165) is 11.8 Å². The molecule has 0 saturated heterocycles. The molecule has 0 aliphatic heterocycles. The Labute approximate surface area is 129 Å². The van der Waals surface area contributed by atoms with Crippen LogP contribution in [-0.2, 0) is 6.54 Å². The number of anilines is 2. The predicted octanol–water partition coefficient (Wildman–Crippen LogP) is 3.08. The van der Waals surface area contributed by atoms with Crippen molar-refractivity contribution in [1.29, 1.82) is 0 Å². The van der Waals surface area contributed by atoms with Crippen molar-refractivity contribution >= 4 is 17.5 Å². The van der Waals surface area contributed by atoms with E-state index in [4.69, 9.17) is 5.73 Å². The van der Waals surface area contributed by atoms with Gasteiger partial charge in [0.1, 0.15) is 11.6 Å². The van der Waals surface area contributed by atoms with Gasteiger partial charge < -0.3 is 21.1 Å². The van der Waals surface area contributed by atoms with Crippen LogP contribution < -0.4 is 21.1 Å². The molecule has 0 spiro atoms.